The Hall–Kier alpha value is -6.23. The number of para-hydroxylation sites is 1. The third-order valence-electron chi connectivity index (χ3n) is 15.4. The number of aliphatic hydroxyl groups excluding tert-OH is 2. The van der Waals surface area contributed by atoms with E-state index in [1.54, 1.807) is 38.1 Å². The maximum Gasteiger partial charge on any atom is 0.409 e. The van der Waals surface area contributed by atoms with Crippen LogP contribution in [0.4, 0.5) is 10.5 Å². The number of hydrogen-bond acceptors (Lipinski definition) is 19. The molecular formula is C59H85ClN8O17. The molecule has 0 spiro atoms. The standard InChI is InChI=1S/C59H85ClN8O17/c1-38-13-12-16-47(70)59(77)34-49(84-56(76)64-59)58(4)37-57(3,85-58)48(33-52(73)67(8)45-30-40(29-38)31-46(78-9)53(45)60)83-55(75)39(2)66(7)51(72)18-21-79-23-25-81-27-28-82-26-24-80-22-19-62-54(74)43(36-69)63-50(71)17-20-68-42(35-65(6)61-5)32-41-14-10-11-15-44(41)68/h10-16,30-32,39,43,47-49,61,69-70,77H,17-29,33-37H2,1-9H3,(H,62,74)(H,63,71)(H,64,76)/b16-12+,38-13+/t39-,43-,47+,48-,49-,57+,58?,59-/m0/s1. The molecule has 2 fully saturated rings. The topological polar surface area (TPSA) is 300 Å². The number of amides is 5. The van der Waals surface area contributed by atoms with Gasteiger partial charge in [-0.3, -0.25) is 29.9 Å². The third-order valence-corrected chi connectivity index (χ3v) is 15.8. The Morgan fingerprint density at radius 1 is 0.953 bits per heavy atom. The number of carbonyl (C=O) groups is 6. The number of hydrazine groups is 1. The van der Waals surface area contributed by atoms with Crippen LogP contribution in [0.2, 0.25) is 5.02 Å². The van der Waals surface area contributed by atoms with Gasteiger partial charge in [-0.25, -0.2) is 14.6 Å². The minimum atomic E-state index is -2.13. The maximum atomic E-state index is 14.3. The highest BCUT2D eigenvalue weighted by molar-refractivity contribution is 6.35. The number of nitrogens with zero attached hydrogens (tertiary/aromatic N) is 4. The molecule has 3 aromatic rings. The van der Waals surface area contributed by atoms with Crippen LogP contribution >= 0.6 is 11.6 Å². The zero-order valence-electron chi connectivity index (χ0n) is 50.1. The summed E-state index contributed by atoms with van der Waals surface area (Å²) in [6, 6.07) is 11.3. The van der Waals surface area contributed by atoms with Gasteiger partial charge in [-0.15, -0.1) is 0 Å². The number of fused-ring (bicyclic) bond motifs is 7. The zero-order valence-corrected chi connectivity index (χ0v) is 50.9. The van der Waals surface area contributed by atoms with E-state index in [-0.39, 0.29) is 96.0 Å². The summed E-state index contributed by atoms with van der Waals surface area (Å²) in [4.78, 5) is 82.7. The molecule has 4 aliphatic rings. The third kappa shape index (κ3) is 18.4. The van der Waals surface area contributed by atoms with Crippen LogP contribution in [0.15, 0.2) is 66.3 Å². The molecule has 0 saturated carbocycles. The number of allylic oxidation sites excluding steroid dienone is 3. The Morgan fingerprint density at radius 3 is 2.27 bits per heavy atom. The number of esters is 1. The minimum absolute atomic E-state index is 0.0310. The molecule has 1 aromatic heterocycles. The number of anilines is 1. The van der Waals surface area contributed by atoms with Gasteiger partial charge in [0.05, 0.1) is 91.6 Å². The summed E-state index contributed by atoms with van der Waals surface area (Å²) in [7, 11) is 8.20. The van der Waals surface area contributed by atoms with Gasteiger partial charge in [-0.2, -0.15) is 0 Å². The highest BCUT2D eigenvalue weighted by Gasteiger charge is 2.63. The number of carbonyl (C=O) groups excluding carboxylic acids is 6. The number of ether oxygens (including phenoxy) is 8. The predicted molar refractivity (Wildman–Crippen MR) is 313 cm³/mol. The Balaban J connectivity index is 0.885. The lowest BCUT2D eigenvalue weighted by molar-refractivity contribution is -0.328. The number of methoxy groups -OCH3 is 1. The van der Waals surface area contributed by atoms with Gasteiger partial charge in [-0.1, -0.05) is 53.6 Å². The molecule has 2 aromatic carbocycles. The van der Waals surface area contributed by atoms with Crippen molar-refractivity contribution in [2.24, 2.45) is 0 Å². The first kappa shape index (κ1) is 67.9. The number of alkyl carbamates (subject to hydrolysis) is 1. The fraction of sp³-hybridized carbons (Fsp3) is 0.593. The van der Waals surface area contributed by atoms with Gasteiger partial charge >= 0.3 is 12.1 Å². The number of nitrogens with one attached hydrogen (secondary N) is 4. The second-order valence-electron chi connectivity index (χ2n) is 21.9. The average molecular weight is 1210 g/mol. The quantitative estimate of drug-likeness (QED) is 0.0312. The van der Waals surface area contributed by atoms with Gasteiger partial charge in [0.15, 0.2) is 5.72 Å². The number of aliphatic hydroxyl groups is 3. The van der Waals surface area contributed by atoms with Crippen molar-refractivity contribution in [1.29, 1.82) is 0 Å². The van der Waals surface area contributed by atoms with Crippen molar-refractivity contribution in [3.63, 3.8) is 0 Å². The van der Waals surface area contributed by atoms with Gasteiger partial charge in [0, 0.05) is 64.7 Å². The van der Waals surface area contributed by atoms with Gasteiger partial charge < -0.3 is 78.2 Å². The van der Waals surface area contributed by atoms with E-state index in [0.29, 0.717) is 30.9 Å². The molecule has 25 nitrogen and oxygen atoms in total. The van der Waals surface area contributed by atoms with Crippen LogP contribution in [0.5, 0.6) is 5.75 Å². The molecule has 6 bridgehead atoms. The first-order chi connectivity index (χ1) is 40.4. The predicted octanol–water partition coefficient (Wildman–Crippen LogP) is 2.67. The van der Waals surface area contributed by atoms with E-state index in [1.165, 1.54) is 44.0 Å². The Morgan fingerprint density at radius 2 is 1.61 bits per heavy atom. The molecular weight excluding hydrogens is 1130 g/mol. The summed E-state index contributed by atoms with van der Waals surface area (Å²) in [5.74, 6) is -2.32. The molecule has 5 amide bonds. The van der Waals surface area contributed by atoms with Gasteiger partial charge in [0.25, 0.3) is 0 Å². The maximum absolute atomic E-state index is 14.3. The van der Waals surface area contributed by atoms with E-state index in [1.807, 2.05) is 50.3 Å². The highest BCUT2D eigenvalue weighted by atomic mass is 35.5. The molecule has 5 heterocycles. The lowest BCUT2D eigenvalue weighted by Crippen LogP contribution is -2.72. The number of benzene rings is 2. The van der Waals surface area contributed by atoms with E-state index in [9.17, 15) is 44.1 Å². The van der Waals surface area contributed by atoms with Crippen LogP contribution in [0, 0.1) is 0 Å². The van der Waals surface area contributed by atoms with Gasteiger partial charge in [0.2, 0.25) is 23.6 Å². The van der Waals surface area contributed by atoms with Crippen molar-refractivity contribution < 1.29 is 82.0 Å². The van der Waals surface area contributed by atoms with Crippen LogP contribution in [0.3, 0.4) is 0 Å². The van der Waals surface area contributed by atoms with Crippen molar-refractivity contribution in [2.45, 2.75) is 127 Å². The molecule has 470 valence electrons. The van der Waals surface area contributed by atoms with Crippen LogP contribution in [0.1, 0.15) is 71.1 Å². The second kappa shape index (κ2) is 31.4. The SMILES string of the molecule is CNN(C)Cc1cc2ccccc2n1CCC(=O)N[C@@H](CO)C(=O)NCCOCCOCCOCCOCCC(=O)N(C)[C@@H](C)C(=O)O[C@H]1CC(=O)N(C)c2cc(cc(OC)c2Cl)C/C(C)=C/C=C/[C@@H](O)[C@@]2(O)C[C@H](OC(=O)N2)C2(C)C[C@@]1(C)O2. The Bertz CT molecular complexity index is 2840. The van der Waals surface area contributed by atoms with E-state index in [4.69, 9.17) is 49.5 Å². The molecule has 26 heteroatoms. The molecule has 2 saturated heterocycles. The molecule has 7 rings (SSSR count). The van der Waals surface area contributed by atoms with E-state index < -0.39 is 90.1 Å². The summed E-state index contributed by atoms with van der Waals surface area (Å²) >= 11 is 6.79. The van der Waals surface area contributed by atoms with Crippen molar-refractivity contribution in [2.75, 3.05) is 106 Å². The van der Waals surface area contributed by atoms with Crippen molar-refractivity contribution in [1.82, 2.24) is 35.9 Å². The van der Waals surface area contributed by atoms with Crippen molar-refractivity contribution in [3.05, 3.63) is 82.5 Å². The molecule has 0 aliphatic carbocycles. The molecule has 85 heavy (non-hydrogen) atoms. The molecule has 0 radical (unpaired) electrons. The van der Waals surface area contributed by atoms with Crippen LogP contribution < -0.4 is 31.0 Å². The second-order valence-corrected chi connectivity index (χ2v) is 22.3. The largest absolute Gasteiger partial charge is 0.495 e. The Labute approximate surface area is 501 Å². The number of likely N-dealkylation sites (N-methyl/N-ethyl adjacent to an activating group) is 1. The fourth-order valence-corrected chi connectivity index (χ4v) is 10.7. The summed E-state index contributed by atoms with van der Waals surface area (Å²) in [5.41, 5.74) is 2.26. The molecule has 8 atom stereocenters. The lowest BCUT2D eigenvalue weighted by atomic mass is 9.72. The smallest absolute Gasteiger partial charge is 0.409 e. The number of aryl methyl sites for hydroxylation is 1. The summed E-state index contributed by atoms with van der Waals surface area (Å²) in [5, 5.41) is 43.3. The molecule has 7 N–H and O–H groups in total. The minimum Gasteiger partial charge on any atom is -0.495 e. The molecule has 1 unspecified atom stereocenters. The first-order valence-electron chi connectivity index (χ1n) is 28.4. The van der Waals surface area contributed by atoms with Gasteiger partial charge in [0.1, 0.15) is 52.4 Å². The van der Waals surface area contributed by atoms with Crippen LogP contribution in [-0.4, -0.2) is 214 Å². The van der Waals surface area contributed by atoms with E-state index in [0.717, 1.165) is 27.7 Å². The summed E-state index contributed by atoms with van der Waals surface area (Å²) in [6.07, 6.45) is -0.379. The summed E-state index contributed by atoms with van der Waals surface area (Å²) in [6.45, 7) is 8.91. The number of hydrogen-bond donors (Lipinski definition) is 7. The summed E-state index contributed by atoms with van der Waals surface area (Å²) < 4.78 is 48.2. The van der Waals surface area contributed by atoms with Crippen molar-refractivity contribution >= 4 is 63.9 Å². The number of aromatic nitrogens is 1. The average Bonchev–Trinajstić information content (AvgIpc) is 1.39. The lowest BCUT2D eigenvalue weighted by Gasteiger charge is -2.59. The normalized spacial score (nSPS) is 24.3. The van der Waals surface area contributed by atoms with Crippen LogP contribution in [-0.2, 0) is 76.6 Å². The number of halogens is 1. The van der Waals surface area contributed by atoms with E-state index >= 15 is 0 Å². The molecule has 4 aliphatic heterocycles. The van der Waals surface area contributed by atoms with Crippen LogP contribution in [0.25, 0.3) is 10.9 Å². The number of rotatable bonds is 28. The van der Waals surface area contributed by atoms with E-state index in [2.05, 4.69) is 32.0 Å². The highest BCUT2D eigenvalue weighted by Crippen LogP contribution is 2.50. The van der Waals surface area contributed by atoms with Gasteiger partial charge in [-0.05, 0) is 76.4 Å². The monoisotopic (exact) mass is 1210 g/mol. The van der Waals surface area contributed by atoms with Crippen molar-refractivity contribution in [3.8, 4) is 5.75 Å². The Kier molecular flexibility index (Phi) is 25.1. The zero-order chi connectivity index (χ0) is 62.1. The fourth-order valence-electron chi connectivity index (χ4n) is 10.4. The first-order valence-corrected chi connectivity index (χ1v) is 28.8.